The third-order valence-corrected chi connectivity index (χ3v) is 4.96. The Kier molecular flexibility index (Phi) is 9.28. The van der Waals surface area contributed by atoms with Crippen LogP contribution in [0.5, 0.6) is 0 Å². The summed E-state index contributed by atoms with van der Waals surface area (Å²) in [5.41, 5.74) is 5.53. The Morgan fingerprint density at radius 3 is 2.76 bits per heavy atom. The summed E-state index contributed by atoms with van der Waals surface area (Å²) >= 11 is 0. The number of alkyl halides is 3. The third kappa shape index (κ3) is 6.72. The van der Waals surface area contributed by atoms with Gasteiger partial charge < -0.3 is 25.7 Å². The lowest BCUT2D eigenvalue weighted by Crippen LogP contribution is -2.52. The number of morpholine rings is 1. The Morgan fingerprint density at radius 2 is 2.15 bits per heavy atom. The Balaban J connectivity index is 2.34. The maximum Gasteiger partial charge on any atom is 0.434 e. The second kappa shape index (κ2) is 11.9. The van der Waals surface area contributed by atoms with Gasteiger partial charge in [0.05, 0.1) is 31.4 Å². The lowest BCUT2D eigenvalue weighted by atomic mass is 10.0. The molecule has 2 aliphatic heterocycles. The normalized spacial score (nSPS) is 23.0. The van der Waals surface area contributed by atoms with Crippen LogP contribution in [0.3, 0.4) is 0 Å². The summed E-state index contributed by atoms with van der Waals surface area (Å²) in [5, 5.41) is 7.56. The summed E-state index contributed by atoms with van der Waals surface area (Å²) in [6.45, 7) is 9.77. The first-order valence-corrected chi connectivity index (χ1v) is 9.97. The van der Waals surface area contributed by atoms with Gasteiger partial charge in [-0.15, -0.1) is 0 Å². The van der Waals surface area contributed by atoms with E-state index >= 15 is 0 Å². The van der Waals surface area contributed by atoms with Crippen molar-refractivity contribution in [2.75, 3.05) is 26.2 Å². The Bertz CT molecular complexity index is 917. The molecule has 0 bridgehead atoms. The molecule has 12 heteroatoms. The summed E-state index contributed by atoms with van der Waals surface area (Å²) < 4.78 is 45.1. The summed E-state index contributed by atoms with van der Waals surface area (Å²) in [5.74, 6) is 0.519. The van der Waals surface area contributed by atoms with Gasteiger partial charge in [0.15, 0.2) is 5.70 Å². The fourth-order valence-electron chi connectivity index (χ4n) is 3.35. The number of nitrogens with one attached hydrogen (secondary N) is 1. The monoisotopic (exact) mass is 464 g/mol. The SMILES string of the molecule is C=N/C=C\C(=NC/C(=C/N=C)N1C=C(C(F)(F)F)N=CC1)N1CCOC(/C(C=N)=C/N)C1C. The number of ether oxygens (including phenoxy) is 1. The van der Waals surface area contributed by atoms with E-state index in [4.69, 9.17) is 15.9 Å². The molecule has 0 aromatic carbocycles. The van der Waals surface area contributed by atoms with E-state index in [1.54, 1.807) is 6.08 Å². The van der Waals surface area contributed by atoms with Gasteiger partial charge in [-0.3, -0.25) is 20.0 Å². The van der Waals surface area contributed by atoms with Crippen molar-refractivity contribution in [3.8, 4) is 0 Å². The molecule has 33 heavy (non-hydrogen) atoms. The number of rotatable bonds is 8. The third-order valence-electron chi connectivity index (χ3n) is 4.96. The molecule has 0 aliphatic carbocycles. The molecule has 0 aromatic heterocycles. The second-order valence-corrected chi connectivity index (χ2v) is 6.99. The summed E-state index contributed by atoms with van der Waals surface area (Å²) in [6, 6.07) is -0.229. The van der Waals surface area contributed by atoms with Crippen molar-refractivity contribution in [1.82, 2.24) is 9.80 Å². The number of halogens is 3. The molecule has 3 N–H and O–H groups in total. The maximum absolute atomic E-state index is 13.1. The molecule has 178 valence electrons. The number of allylic oxidation sites excluding steroid dienone is 1. The van der Waals surface area contributed by atoms with Gasteiger partial charge in [0, 0.05) is 49.3 Å². The van der Waals surface area contributed by atoms with E-state index in [1.807, 2.05) is 11.8 Å². The highest BCUT2D eigenvalue weighted by Gasteiger charge is 2.36. The molecule has 1 fully saturated rings. The largest absolute Gasteiger partial charge is 0.434 e. The van der Waals surface area contributed by atoms with Crippen LogP contribution in [0.4, 0.5) is 13.2 Å². The first-order valence-electron chi connectivity index (χ1n) is 9.97. The van der Waals surface area contributed by atoms with Crippen LogP contribution in [-0.2, 0) is 4.74 Å². The quantitative estimate of drug-likeness (QED) is 0.424. The van der Waals surface area contributed by atoms with Gasteiger partial charge in [-0.25, -0.2) is 0 Å². The molecule has 0 spiro atoms. The number of nitrogens with zero attached hydrogens (tertiary/aromatic N) is 6. The first kappa shape index (κ1) is 25.7. The predicted octanol–water partition coefficient (Wildman–Crippen LogP) is 2.51. The average molecular weight is 464 g/mol. The number of nitrogens with two attached hydrogens (primary N) is 1. The molecule has 2 aliphatic rings. The van der Waals surface area contributed by atoms with E-state index in [-0.39, 0.29) is 19.1 Å². The van der Waals surface area contributed by atoms with Crippen LogP contribution in [0.15, 0.2) is 67.8 Å². The summed E-state index contributed by atoms with van der Waals surface area (Å²) in [4.78, 5) is 18.8. The standard InChI is InChI=1S/C21H27F3N8O/c1-15-20(16(10-25)11-26)33-9-8-32(15)19(4-5-27-2)30-13-17(12-28-3)31-7-6-29-18(14-31)21(22,23)24/h4-6,10-12,14-15,20,25H,2-3,7-9,13,26H2,1H3/b5-4-,16-11+,17-12-,25-10?,30-19?. The fourth-order valence-corrected chi connectivity index (χ4v) is 3.35. The van der Waals surface area contributed by atoms with E-state index < -0.39 is 18.0 Å². The maximum atomic E-state index is 13.1. The zero-order chi connectivity index (χ0) is 24.4. The minimum Gasteiger partial charge on any atom is -0.404 e. The fraction of sp³-hybridized carbons (Fsp3) is 0.381. The van der Waals surface area contributed by atoms with Crippen molar-refractivity contribution in [1.29, 1.82) is 5.41 Å². The smallest absolute Gasteiger partial charge is 0.404 e. The topological polar surface area (TPSA) is 115 Å². The van der Waals surface area contributed by atoms with E-state index in [0.29, 0.717) is 30.3 Å². The number of amidine groups is 1. The highest BCUT2D eigenvalue weighted by Crippen LogP contribution is 2.29. The highest BCUT2D eigenvalue weighted by atomic mass is 19.4. The van der Waals surface area contributed by atoms with E-state index in [1.165, 1.54) is 29.7 Å². The Morgan fingerprint density at radius 1 is 1.39 bits per heavy atom. The van der Waals surface area contributed by atoms with Gasteiger partial charge in [0.1, 0.15) is 11.9 Å². The Hall–Kier alpha value is -3.54. The molecule has 2 unspecified atom stereocenters. The van der Waals surface area contributed by atoms with Gasteiger partial charge in [-0.05, 0) is 26.4 Å². The molecule has 1 saturated heterocycles. The van der Waals surface area contributed by atoms with E-state index in [2.05, 4.69) is 33.4 Å². The van der Waals surface area contributed by atoms with Crippen LogP contribution in [0, 0.1) is 5.41 Å². The molecule has 9 nitrogen and oxygen atoms in total. The molecule has 2 atom stereocenters. The highest BCUT2D eigenvalue weighted by molar-refractivity contribution is 5.93. The summed E-state index contributed by atoms with van der Waals surface area (Å²) in [6.07, 6.45) is 4.02. The zero-order valence-electron chi connectivity index (χ0n) is 18.2. The van der Waals surface area contributed by atoms with Crippen LogP contribution in [-0.4, -0.2) is 86.1 Å². The van der Waals surface area contributed by atoms with Crippen molar-refractivity contribution in [2.45, 2.75) is 25.2 Å². The first-order chi connectivity index (χ1) is 15.8. The second-order valence-electron chi connectivity index (χ2n) is 6.99. The van der Waals surface area contributed by atoms with Gasteiger partial charge >= 0.3 is 6.18 Å². The van der Waals surface area contributed by atoms with Gasteiger partial charge in [-0.2, -0.15) is 13.2 Å². The van der Waals surface area contributed by atoms with Crippen LogP contribution in [0.25, 0.3) is 0 Å². The molecule has 2 rings (SSSR count). The molecule has 0 amide bonds. The van der Waals surface area contributed by atoms with Crippen molar-refractivity contribution in [2.24, 2.45) is 25.7 Å². The lowest BCUT2D eigenvalue weighted by molar-refractivity contribution is -0.0935. The molecular formula is C21H27F3N8O. The molecule has 0 saturated carbocycles. The molecule has 0 radical (unpaired) electrons. The predicted molar refractivity (Wildman–Crippen MR) is 125 cm³/mol. The average Bonchev–Trinajstić information content (AvgIpc) is 2.80. The van der Waals surface area contributed by atoms with E-state index in [0.717, 1.165) is 12.4 Å². The minimum atomic E-state index is -4.57. The van der Waals surface area contributed by atoms with Gasteiger partial charge in [0.25, 0.3) is 0 Å². The molecular weight excluding hydrogens is 437 g/mol. The Labute approximate surface area is 190 Å². The van der Waals surface area contributed by atoms with Crippen molar-refractivity contribution < 1.29 is 17.9 Å². The van der Waals surface area contributed by atoms with E-state index in [9.17, 15) is 13.2 Å². The van der Waals surface area contributed by atoms with Crippen LogP contribution in [0.2, 0.25) is 0 Å². The molecule has 0 aromatic rings. The molecule has 2 heterocycles. The lowest BCUT2D eigenvalue weighted by Gasteiger charge is -2.41. The van der Waals surface area contributed by atoms with Crippen molar-refractivity contribution >= 4 is 31.7 Å². The van der Waals surface area contributed by atoms with Crippen LogP contribution in [0.1, 0.15) is 6.92 Å². The van der Waals surface area contributed by atoms with Crippen molar-refractivity contribution in [3.63, 3.8) is 0 Å². The zero-order valence-corrected chi connectivity index (χ0v) is 18.2. The van der Waals surface area contributed by atoms with Gasteiger partial charge in [0.2, 0.25) is 0 Å². The van der Waals surface area contributed by atoms with Crippen molar-refractivity contribution in [3.05, 3.63) is 47.8 Å². The number of aliphatic imine (C=N–C) groups is 4. The van der Waals surface area contributed by atoms with Crippen LogP contribution < -0.4 is 5.73 Å². The number of hydrogen-bond acceptors (Lipinski definition) is 8. The minimum absolute atomic E-state index is 0.0181. The van der Waals surface area contributed by atoms with Gasteiger partial charge in [-0.1, -0.05) is 0 Å². The summed E-state index contributed by atoms with van der Waals surface area (Å²) in [7, 11) is 0. The number of hydrogen-bond donors (Lipinski definition) is 2. The van der Waals surface area contributed by atoms with Crippen LogP contribution >= 0.6 is 0 Å².